The molecular formula is C28H25NO6. The predicted octanol–water partition coefficient (Wildman–Crippen LogP) is 4.79. The number of para-hydroxylation sites is 3. The Hall–Kier alpha value is -4.26. The number of ether oxygens (including phenoxy) is 3. The number of carbonyl (C=O) groups excluding carboxylic acids is 1. The summed E-state index contributed by atoms with van der Waals surface area (Å²) in [6, 6.07) is 20.2. The van der Waals surface area contributed by atoms with Gasteiger partial charge in [-0.3, -0.25) is 14.2 Å². The molecule has 1 aliphatic heterocycles. The highest BCUT2D eigenvalue weighted by atomic mass is 16.6. The fourth-order valence-electron chi connectivity index (χ4n) is 4.49. The van der Waals surface area contributed by atoms with Crippen molar-refractivity contribution < 1.29 is 28.9 Å². The molecule has 0 aliphatic carbocycles. The summed E-state index contributed by atoms with van der Waals surface area (Å²) >= 11 is 0. The van der Waals surface area contributed by atoms with Gasteiger partial charge < -0.3 is 19.3 Å². The van der Waals surface area contributed by atoms with Crippen LogP contribution in [0, 0.1) is 13.8 Å². The van der Waals surface area contributed by atoms with Crippen molar-refractivity contribution in [3.8, 4) is 17.2 Å². The van der Waals surface area contributed by atoms with Crippen LogP contribution in [0.1, 0.15) is 27.2 Å². The van der Waals surface area contributed by atoms with Crippen molar-refractivity contribution in [2.45, 2.75) is 26.4 Å². The van der Waals surface area contributed by atoms with Gasteiger partial charge in [0.1, 0.15) is 19.0 Å². The van der Waals surface area contributed by atoms with Crippen LogP contribution in [0.3, 0.4) is 0 Å². The van der Waals surface area contributed by atoms with Crippen molar-refractivity contribution in [2.24, 2.45) is 0 Å². The molecule has 0 fully saturated rings. The molecule has 35 heavy (non-hydrogen) atoms. The standard InChI is InChI=1S/C28H25NO6/c1-17-13-19(33-15-20-16-34-25-9-5-6-10-26(25)35-20)11-12-21(17)28(32)29-18(2)23(14-27(30)31)22-7-3-4-8-24(22)29/h3-13,20H,14-16H2,1-2H3,(H,30,31)/t20-/m1/s1. The van der Waals surface area contributed by atoms with Crippen LogP contribution in [0.4, 0.5) is 0 Å². The van der Waals surface area contributed by atoms with E-state index in [9.17, 15) is 14.7 Å². The number of aliphatic carboxylic acids is 1. The maximum Gasteiger partial charge on any atom is 0.307 e. The number of hydrogen-bond donors (Lipinski definition) is 1. The van der Waals surface area contributed by atoms with Crippen LogP contribution >= 0.6 is 0 Å². The highest BCUT2D eigenvalue weighted by molar-refractivity contribution is 6.05. The largest absolute Gasteiger partial charge is 0.490 e. The normalized spacial score (nSPS) is 14.6. The highest BCUT2D eigenvalue weighted by Gasteiger charge is 2.23. The zero-order valence-corrected chi connectivity index (χ0v) is 19.5. The fraction of sp³-hybridized carbons (Fsp3) is 0.214. The van der Waals surface area contributed by atoms with Crippen LogP contribution < -0.4 is 14.2 Å². The van der Waals surface area contributed by atoms with Crippen LogP contribution in [-0.4, -0.2) is 40.9 Å². The monoisotopic (exact) mass is 471 g/mol. The molecular weight excluding hydrogens is 446 g/mol. The van der Waals surface area contributed by atoms with Crippen LogP contribution in [0.15, 0.2) is 66.7 Å². The van der Waals surface area contributed by atoms with E-state index in [0.717, 1.165) is 16.7 Å². The molecule has 1 N–H and O–H groups in total. The van der Waals surface area contributed by atoms with E-state index in [1.807, 2.05) is 61.5 Å². The highest BCUT2D eigenvalue weighted by Crippen LogP contribution is 2.31. The summed E-state index contributed by atoms with van der Waals surface area (Å²) in [4.78, 5) is 25.0. The average molecular weight is 472 g/mol. The van der Waals surface area contributed by atoms with Gasteiger partial charge >= 0.3 is 5.97 Å². The predicted molar refractivity (Wildman–Crippen MR) is 131 cm³/mol. The number of aryl methyl sites for hydroxylation is 1. The fourth-order valence-corrected chi connectivity index (χ4v) is 4.49. The topological polar surface area (TPSA) is 87.0 Å². The van der Waals surface area contributed by atoms with Gasteiger partial charge in [0, 0.05) is 16.6 Å². The minimum Gasteiger partial charge on any atom is -0.490 e. The van der Waals surface area contributed by atoms with Crippen molar-refractivity contribution in [1.82, 2.24) is 4.57 Å². The first kappa shape index (κ1) is 22.5. The third-order valence-electron chi connectivity index (χ3n) is 6.21. The van der Waals surface area contributed by atoms with Crippen LogP contribution in [0.5, 0.6) is 17.2 Å². The first-order valence-corrected chi connectivity index (χ1v) is 11.4. The summed E-state index contributed by atoms with van der Waals surface area (Å²) in [7, 11) is 0. The second-order valence-corrected chi connectivity index (χ2v) is 8.58. The zero-order valence-electron chi connectivity index (χ0n) is 19.5. The number of aromatic nitrogens is 1. The van der Waals surface area contributed by atoms with E-state index in [-0.39, 0.29) is 18.4 Å². The van der Waals surface area contributed by atoms with E-state index in [1.165, 1.54) is 0 Å². The number of carboxylic acids is 1. The van der Waals surface area contributed by atoms with Gasteiger partial charge in [0.05, 0.1) is 11.9 Å². The SMILES string of the molecule is Cc1cc(OC[C@@H]2COc3ccccc3O2)ccc1C(=O)n1c(C)c(CC(=O)O)c2ccccc21. The molecule has 7 heteroatoms. The van der Waals surface area contributed by atoms with E-state index >= 15 is 0 Å². The molecule has 1 atom stereocenters. The molecule has 0 bridgehead atoms. The lowest BCUT2D eigenvalue weighted by Crippen LogP contribution is -2.34. The quantitative estimate of drug-likeness (QED) is 0.435. The van der Waals surface area contributed by atoms with Gasteiger partial charge in [-0.15, -0.1) is 0 Å². The van der Waals surface area contributed by atoms with E-state index in [4.69, 9.17) is 14.2 Å². The Morgan fingerprint density at radius 3 is 2.54 bits per heavy atom. The summed E-state index contributed by atoms with van der Waals surface area (Å²) in [5, 5.41) is 10.1. The molecule has 1 aliphatic rings. The number of benzene rings is 3. The molecule has 0 amide bonds. The van der Waals surface area contributed by atoms with Crippen molar-refractivity contribution >= 4 is 22.8 Å². The number of carboxylic acid groups (broad SMARTS) is 1. The van der Waals surface area contributed by atoms with Gasteiger partial charge in [0.15, 0.2) is 17.6 Å². The molecule has 0 saturated carbocycles. The second kappa shape index (κ2) is 9.18. The van der Waals surface area contributed by atoms with Gasteiger partial charge in [0.25, 0.3) is 5.91 Å². The first-order valence-electron chi connectivity index (χ1n) is 11.4. The number of carbonyl (C=O) groups is 2. The van der Waals surface area contributed by atoms with Crippen LogP contribution in [0.25, 0.3) is 10.9 Å². The van der Waals surface area contributed by atoms with Gasteiger partial charge in [-0.1, -0.05) is 30.3 Å². The summed E-state index contributed by atoms with van der Waals surface area (Å²) in [5.41, 5.74) is 3.26. The number of nitrogens with zero attached hydrogens (tertiary/aromatic N) is 1. The molecule has 2 heterocycles. The third kappa shape index (κ3) is 4.33. The van der Waals surface area contributed by atoms with Gasteiger partial charge in [0.2, 0.25) is 0 Å². The minimum absolute atomic E-state index is 0.143. The third-order valence-corrected chi connectivity index (χ3v) is 6.21. The summed E-state index contributed by atoms with van der Waals surface area (Å²) in [5.74, 6) is 0.905. The van der Waals surface area contributed by atoms with E-state index in [2.05, 4.69) is 0 Å². The van der Waals surface area contributed by atoms with Crippen molar-refractivity contribution in [1.29, 1.82) is 0 Å². The Bertz CT molecular complexity index is 1440. The molecule has 0 saturated heterocycles. The first-order chi connectivity index (χ1) is 16.9. The number of hydrogen-bond acceptors (Lipinski definition) is 5. The van der Waals surface area contributed by atoms with Crippen LogP contribution in [-0.2, 0) is 11.2 Å². The van der Waals surface area contributed by atoms with E-state index in [1.54, 1.807) is 23.6 Å². The van der Waals surface area contributed by atoms with E-state index in [0.29, 0.717) is 47.1 Å². The average Bonchev–Trinajstić information content (AvgIpc) is 3.13. The Labute approximate surface area is 202 Å². The van der Waals surface area contributed by atoms with Gasteiger partial charge in [-0.25, -0.2) is 0 Å². The molecule has 1 aromatic heterocycles. The Balaban J connectivity index is 1.36. The van der Waals surface area contributed by atoms with Crippen molar-refractivity contribution in [2.75, 3.05) is 13.2 Å². The number of fused-ring (bicyclic) bond motifs is 2. The van der Waals surface area contributed by atoms with Crippen LogP contribution in [0.2, 0.25) is 0 Å². The molecule has 4 aromatic rings. The summed E-state index contributed by atoms with van der Waals surface area (Å²) in [6.07, 6.45) is -0.386. The minimum atomic E-state index is -0.933. The Morgan fingerprint density at radius 2 is 1.77 bits per heavy atom. The molecule has 3 aromatic carbocycles. The lowest BCUT2D eigenvalue weighted by Gasteiger charge is -2.26. The lowest BCUT2D eigenvalue weighted by atomic mass is 10.1. The molecule has 5 rings (SSSR count). The molecule has 0 spiro atoms. The number of rotatable bonds is 6. The van der Waals surface area contributed by atoms with Gasteiger partial charge in [-0.2, -0.15) is 0 Å². The smallest absolute Gasteiger partial charge is 0.307 e. The van der Waals surface area contributed by atoms with E-state index < -0.39 is 5.97 Å². The summed E-state index contributed by atoms with van der Waals surface area (Å²) in [6.45, 7) is 4.34. The Kier molecular flexibility index (Phi) is 5.91. The maximum atomic E-state index is 13.6. The second-order valence-electron chi connectivity index (χ2n) is 8.58. The zero-order chi connectivity index (χ0) is 24.5. The summed E-state index contributed by atoms with van der Waals surface area (Å²) < 4.78 is 19.2. The molecule has 178 valence electrons. The maximum absolute atomic E-state index is 13.6. The Morgan fingerprint density at radius 1 is 1.03 bits per heavy atom. The molecule has 0 radical (unpaired) electrons. The molecule has 0 unspecified atom stereocenters. The van der Waals surface area contributed by atoms with Crippen molar-refractivity contribution in [3.05, 3.63) is 89.1 Å². The van der Waals surface area contributed by atoms with Gasteiger partial charge in [-0.05, 0) is 61.4 Å². The molecule has 7 nitrogen and oxygen atoms in total. The van der Waals surface area contributed by atoms with Crippen molar-refractivity contribution in [3.63, 3.8) is 0 Å². The lowest BCUT2D eigenvalue weighted by molar-refractivity contribution is -0.136.